The van der Waals surface area contributed by atoms with Gasteiger partial charge in [-0.1, -0.05) is 50.1 Å². The zero-order valence-corrected chi connectivity index (χ0v) is 13.3. The first kappa shape index (κ1) is 16.3. The molecular weight excluding hydrogens is 276 g/mol. The van der Waals surface area contributed by atoms with Gasteiger partial charge < -0.3 is 10.6 Å². The van der Waals surface area contributed by atoms with Gasteiger partial charge in [-0.2, -0.15) is 0 Å². The van der Waals surface area contributed by atoms with Gasteiger partial charge in [0.25, 0.3) is 5.91 Å². The Hall–Kier alpha value is -2.10. The van der Waals surface area contributed by atoms with Crippen LogP contribution in [0, 0.1) is 5.92 Å². The van der Waals surface area contributed by atoms with Crippen molar-refractivity contribution in [1.82, 2.24) is 10.6 Å². The smallest absolute Gasteiger partial charge is 0.268 e. The van der Waals surface area contributed by atoms with Crippen LogP contribution in [0.4, 0.5) is 0 Å². The quantitative estimate of drug-likeness (QED) is 0.840. The molecule has 0 spiro atoms. The summed E-state index contributed by atoms with van der Waals surface area (Å²) in [5, 5.41) is 5.72. The van der Waals surface area contributed by atoms with E-state index in [0.717, 1.165) is 24.8 Å². The average Bonchev–Trinajstić information content (AvgIpc) is 2.49. The fraction of sp³-hybridized carbons (Fsp3) is 0.444. The highest BCUT2D eigenvalue weighted by atomic mass is 16.2. The molecule has 0 aliphatic heterocycles. The molecule has 2 rings (SSSR count). The Labute approximate surface area is 132 Å². The highest BCUT2D eigenvalue weighted by Gasteiger charge is 2.24. The number of amides is 2. The van der Waals surface area contributed by atoms with Gasteiger partial charge in [0, 0.05) is 13.0 Å². The van der Waals surface area contributed by atoms with Gasteiger partial charge in [0.2, 0.25) is 5.91 Å². The summed E-state index contributed by atoms with van der Waals surface area (Å²) in [7, 11) is 0. The van der Waals surface area contributed by atoms with Gasteiger partial charge in [-0.3, -0.25) is 9.59 Å². The Morgan fingerprint density at radius 2 is 1.82 bits per heavy atom. The molecule has 1 aliphatic rings. The summed E-state index contributed by atoms with van der Waals surface area (Å²) >= 11 is 0. The summed E-state index contributed by atoms with van der Waals surface area (Å²) < 4.78 is 0. The van der Waals surface area contributed by atoms with E-state index < -0.39 is 0 Å². The number of hydrogen-bond donors (Lipinski definition) is 2. The summed E-state index contributed by atoms with van der Waals surface area (Å²) in [6.45, 7) is 3.58. The zero-order valence-electron chi connectivity index (χ0n) is 13.3. The van der Waals surface area contributed by atoms with Crippen molar-refractivity contribution in [2.45, 2.75) is 45.6 Å². The first-order chi connectivity index (χ1) is 10.6. The number of benzene rings is 1. The lowest BCUT2D eigenvalue weighted by Crippen LogP contribution is -2.44. The highest BCUT2D eigenvalue weighted by molar-refractivity contribution is 6.01. The lowest BCUT2D eigenvalue weighted by molar-refractivity contribution is -0.123. The van der Waals surface area contributed by atoms with Gasteiger partial charge in [-0.25, -0.2) is 0 Å². The van der Waals surface area contributed by atoms with Crippen LogP contribution in [0.3, 0.4) is 0 Å². The lowest BCUT2D eigenvalue weighted by atomic mass is 9.86. The molecule has 2 N–H and O–H groups in total. The average molecular weight is 300 g/mol. The minimum Gasteiger partial charge on any atom is -0.348 e. The van der Waals surface area contributed by atoms with Crippen LogP contribution in [0.5, 0.6) is 0 Å². The topological polar surface area (TPSA) is 58.2 Å². The second-order valence-corrected chi connectivity index (χ2v) is 5.99. The van der Waals surface area contributed by atoms with Crippen LogP contribution in [0.25, 0.3) is 6.08 Å². The second-order valence-electron chi connectivity index (χ2n) is 5.99. The Kier molecular flexibility index (Phi) is 5.75. The van der Waals surface area contributed by atoms with Crippen molar-refractivity contribution >= 4 is 17.9 Å². The molecule has 0 bridgehead atoms. The maximum atomic E-state index is 12.5. The lowest BCUT2D eigenvalue weighted by Gasteiger charge is -2.29. The second kappa shape index (κ2) is 7.78. The van der Waals surface area contributed by atoms with E-state index in [-0.39, 0.29) is 17.9 Å². The number of nitrogens with one attached hydrogen (secondary N) is 2. The Morgan fingerprint density at radius 1 is 1.14 bits per heavy atom. The molecule has 1 aliphatic carbocycles. The van der Waals surface area contributed by atoms with Crippen molar-refractivity contribution in [3.05, 3.63) is 41.6 Å². The molecule has 1 aromatic rings. The molecule has 4 nitrogen and oxygen atoms in total. The number of carbonyl (C=O) groups is 2. The van der Waals surface area contributed by atoms with E-state index in [2.05, 4.69) is 17.6 Å². The van der Waals surface area contributed by atoms with Crippen molar-refractivity contribution < 1.29 is 9.59 Å². The molecule has 1 aromatic carbocycles. The van der Waals surface area contributed by atoms with Crippen molar-refractivity contribution in [2.75, 3.05) is 0 Å². The standard InChI is InChI=1S/C18H24N2O2/c1-13-8-6-7-11-16(13)20-18(22)17(19-14(2)21)12-15-9-4-3-5-10-15/h3-5,9-10,12-13,16H,6-8,11H2,1-2H3,(H,19,21)(H,20,22)/b17-12-/t13-,16+/m1/s1. The molecule has 1 fully saturated rings. The van der Waals surface area contributed by atoms with Crippen molar-refractivity contribution in [3.63, 3.8) is 0 Å². The van der Waals surface area contributed by atoms with E-state index in [4.69, 9.17) is 0 Å². The van der Waals surface area contributed by atoms with Crippen LogP contribution >= 0.6 is 0 Å². The van der Waals surface area contributed by atoms with E-state index >= 15 is 0 Å². The highest BCUT2D eigenvalue weighted by Crippen LogP contribution is 2.23. The normalized spacial score (nSPS) is 22.0. The zero-order chi connectivity index (χ0) is 15.9. The third-order valence-electron chi connectivity index (χ3n) is 4.09. The van der Waals surface area contributed by atoms with E-state index in [1.54, 1.807) is 6.08 Å². The van der Waals surface area contributed by atoms with E-state index in [0.29, 0.717) is 11.6 Å². The Balaban J connectivity index is 2.12. The molecule has 0 heterocycles. The molecule has 2 amide bonds. The monoisotopic (exact) mass is 300 g/mol. The van der Waals surface area contributed by atoms with Gasteiger partial charge in [-0.15, -0.1) is 0 Å². The number of rotatable bonds is 4. The number of carbonyl (C=O) groups excluding carboxylic acids is 2. The predicted molar refractivity (Wildman–Crippen MR) is 87.8 cm³/mol. The fourth-order valence-corrected chi connectivity index (χ4v) is 2.84. The third kappa shape index (κ3) is 4.72. The van der Waals surface area contributed by atoms with Crippen LogP contribution < -0.4 is 10.6 Å². The van der Waals surface area contributed by atoms with Crippen molar-refractivity contribution in [1.29, 1.82) is 0 Å². The molecule has 2 atom stereocenters. The molecule has 118 valence electrons. The SMILES string of the molecule is CC(=O)N/C(=C\c1ccccc1)C(=O)N[C@H]1CCCC[C@H]1C. The molecule has 0 unspecified atom stereocenters. The van der Waals surface area contributed by atoms with Crippen LogP contribution in [-0.2, 0) is 9.59 Å². The molecule has 22 heavy (non-hydrogen) atoms. The van der Waals surface area contributed by atoms with Gasteiger partial charge in [0.15, 0.2) is 0 Å². The maximum absolute atomic E-state index is 12.5. The summed E-state index contributed by atoms with van der Waals surface area (Å²) in [5.41, 5.74) is 1.19. The summed E-state index contributed by atoms with van der Waals surface area (Å²) in [4.78, 5) is 23.9. The maximum Gasteiger partial charge on any atom is 0.268 e. The molecular formula is C18H24N2O2. The minimum atomic E-state index is -0.242. The van der Waals surface area contributed by atoms with Crippen LogP contribution in [0.15, 0.2) is 36.0 Å². The molecule has 0 saturated heterocycles. The van der Waals surface area contributed by atoms with E-state index in [1.807, 2.05) is 30.3 Å². The third-order valence-corrected chi connectivity index (χ3v) is 4.09. The molecule has 0 aromatic heterocycles. The van der Waals surface area contributed by atoms with Gasteiger partial charge in [-0.05, 0) is 30.4 Å². The fourth-order valence-electron chi connectivity index (χ4n) is 2.84. The molecule has 1 saturated carbocycles. The largest absolute Gasteiger partial charge is 0.348 e. The predicted octanol–water partition coefficient (Wildman–Crippen LogP) is 2.86. The molecule has 4 heteroatoms. The van der Waals surface area contributed by atoms with Crippen LogP contribution in [0.2, 0.25) is 0 Å². The van der Waals surface area contributed by atoms with Crippen LogP contribution in [-0.4, -0.2) is 17.9 Å². The van der Waals surface area contributed by atoms with Crippen molar-refractivity contribution in [3.8, 4) is 0 Å². The minimum absolute atomic E-state index is 0.189. The van der Waals surface area contributed by atoms with E-state index in [1.165, 1.54) is 13.3 Å². The van der Waals surface area contributed by atoms with Gasteiger partial charge in [0.1, 0.15) is 5.70 Å². The molecule has 0 radical (unpaired) electrons. The first-order valence-corrected chi connectivity index (χ1v) is 7.91. The summed E-state index contributed by atoms with van der Waals surface area (Å²) in [6.07, 6.45) is 6.23. The van der Waals surface area contributed by atoms with Crippen LogP contribution in [0.1, 0.15) is 45.1 Å². The van der Waals surface area contributed by atoms with E-state index in [9.17, 15) is 9.59 Å². The van der Waals surface area contributed by atoms with Gasteiger partial charge in [0.05, 0.1) is 0 Å². The van der Waals surface area contributed by atoms with Crippen molar-refractivity contribution in [2.24, 2.45) is 5.92 Å². The Bertz CT molecular complexity index is 551. The summed E-state index contributed by atoms with van der Waals surface area (Å²) in [5.74, 6) is 0.0276. The Morgan fingerprint density at radius 3 is 2.45 bits per heavy atom. The number of hydrogen-bond acceptors (Lipinski definition) is 2. The summed E-state index contributed by atoms with van der Waals surface area (Å²) in [6, 6.07) is 9.71. The first-order valence-electron chi connectivity index (χ1n) is 7.91. The van der Waals surface area contributed by atoms with Gasteiger partial charge >= 0.3 is 0 Å².